The van der Waals surface area contributed by atoms with Crippen molar-refractivity contribution in [3.63, 3.8) is 0 Å². The van der Waals surface area contributed by atoms with Crippen LogP contribution in [0.4, 0.5) is 11.4 Å². The summed E-state index contributed by atoms with van der Waals surface area (Å²) in [6.07, 6.45) is -2.03. The summed E-state index contributed by atoms with van der Waals surface area (Å²) in [7, 11) is 1.22. The molecule has 13 heteroatoms. The number of nitrogens with one attached hydrogen (secondary N) is 1. The van der Waals surface area contributed by atoms with Crippen molar-refractivity contribution in [2.75, 3.05) is 12.4 Å². The normalized spacial score (nSPS) is 13.3. The molecule has 1 N–H and O–H groups in total. The van der Waals surface area contributed by atoms with E-state index in [0.29, 0.717) is 45.1 Å². The molecule has 0 bridgehead atoms. The standard InChI is InChI=1S/C22H18BrNO6.C21H16BrNO3/c1-28-22(25)21(30-20-10-6-5-9-18(20)24(26)27)17-13-16(23)11-12-19(17)29-14-15-7-3-2-4-8-15;22-15-10-11-18(25-13-14-6-2-1-3-7-14)16(12-15)20-21(24)23-17-8-4-5-9-19(17)26-20/h2-13,21H,14H2,1H3;1-12,20H,13H2,(H,23,24)/t21-;20-/m00/s1. The minimum Gasteiger partial charge on any atom is -0.488 e. The number of para-hydroxylation sites is 4. The number of nitrogens with zero attached hydrogens (tertiary/aromatic N) is 1. The minimum absolute atomic E-state index is 0.0492. The van der Waals surface area contributed by atoms with Crippen LogP contribution >= 0.6 is 31.9 Å². The van der Waals surface area contributed by atoms with E-state index in [9.17, 15) is 19.7 Å². The molecular weight excluding hydrogens is 848 g/mol. The summed E-state index contributed by atoms with van der Waals surface area (Å²) in [5, 5.41) is 14.2. The second-order valence-corrected chi connectivity index (χ2v) is 14.0. The predicted octanol–water partition coefficient (Wildman–Crippen LogP) is 10.3. The summed E-state index contributed by atoms with van der Waals surface area (Å²) in [6, 6.07) is 43.4. The fourth-order valence-corrected chi connectivity index (χ4v) is 6.38. The summed E-state index contributed by atoms with van der Waals surface area (Å²) in [5.74, 6) is 0.688. The molecule has 0 aromatic heterocycles. The third kappa shape index (κ3) is 10.1. The number of amides is 1. The summed E-state index contributed by atoms with van der Waals surface area (Å²) in [5.41, 5.74) is 3.48. The molecule has 0 fully saturated rings. The Morgan fingerprint density at radius 3 is 1.98 bits per heavy atom. The van der Waals surface area contributed by atoms with Crippen LogP contribution in [0.5, 0.6) is 23.0 Å². The van der Waals surface area contributed by atoms with Crippen LogP contribution in [0.15, 0.2) is 155 Å². The van der Waals surface area contributed by atoms with E-state index >= 15 is 0 Å². The maximum absolute atomic E-state index is 12.6. The minimum atomic E-state index is -1.26. The molecule has 11 nitrogen and oxygen atoms in total. The number of nitro benzene ring substituents is 1. The Morgan fingerprint density at radius 2 is 1.32 bits per heavy atom. The molecule has 1 aliphatic heterocycles. The molecule has 0 aliphatic carbocycles. The largest absolute Gasteiger partial charge is 0.488 e. The van der Waals surface area contributed by atoms with Gasteiger partial charge in [0.1, 0.15) is 30.5 Å². The number of ether oxygens (including phenoxy) is 5. The summed E-state index contributed by atoms with van der Waals surface area (Å²) < 4.78 is 30.1. The van der Waals surface area contributed by atoms with Gasteiger partial charge in [0.2, 0.25) is 12.2 Å². The zero-order valence-electron chi connectivity index (χ0n) is 29.8. The van der Waals surface area contributed by atoms with E-state index in [1.807, 2.05) is 103 Å². The van der Waals surface area contributed by atoms with Crippen LogP contribution in [-0.2, 0) is 27.5 Å². The van der Waals surface area contributed by atoms with Crippen molar-refractivity contribution in [1.29, 1.82) is 0 Å². The highest BCUT2D eigenvalue weighted by atomic mass is 79.9. The van der Waals surface area contributed by atoms with Crippen molar-refractivity contribution in [3.05, 3.63) is 187 Å². The first-order valence-corrected chi connectivity index (χ1v) is 18.8. The van der Waals surface area contributed by atoms with Crippen molar-refractivity contribution in [1.82, 2.24) is 0 Å². The molecule has 2 atom stereocenters. The lowest BCUT2D eigenvalue weighted by atomic mass is 10.1. The molecule has 0 saturated carbocycles. The first-order chi connectivity index (χ1) is 27.2. The number of nitro groups is 1. The quantitative estimate of drug-likeness (QED) is 0.0724. The maximum atomic E-state index is 12.6. The number of halogens is 2. The number of benzene rings is 6. The van der Waals surface area contributed by atoms with Crippen LogP contribution < -0.4 is 24.3 Å². The number of carbonyl (C=O) groups is 2. The molecule has 284 valence electrons. The smallest absolute Gasteiger partial charge is 0.351 e. The molecule has 7 rings (SSSR count). The summed E-state index contributed by atoms with van der Waals surface area (Å²) in [6.45, 7) is 0.690. The molecule has 0 saturated heterocycles. The number of hydrogen-bond acceptors (Lipinski definition) is 9. The first kappa shape index (κ1) is 39.5. The Bertz CT molecular complexity index is 2310. The van der Waals surface area contributed by atoms with Crippen molar-refractivity contribution in [2.24, 2.45) is 0 Å². The Labute approximate surface area is 339 Å². The summed E-state index contributed by atoms with van der Waals surface area (Å²) >= 11 is 6.85. The van der Waals surface area contributed by atoms with E-state index in [2.05, 4.69) is 37.2 Å². The molecule has 0 spiro atoms. The second-order valence-electron chi connectivity index (χ2n) is 12.1. The van der Waals surface area contributed by atoms with E-state index in [1.165, 1.54) is 25.3 Å². The van der Waals surface area contributed by atoms with Gasteiger partial charge in [-0.15, -0.1) is 0 Å². The first-order valence-electron chi connectivity index (χ1n) is 17.2. The average Bonchev–Trinajstić information content (AvgIpc) is 3.22. The molecule has 1 amide bonds. The summed E-state index contributed by atoms with van der Waals surface area (Å²) in [4.78, 5) is 35.9. The van der Waals surface area contributed by atoms with E-state index < -0.39 is 23.1 Å². The number of anilines is 1. The lowest BCUT2D eigenvalue weighted by molar-refractivity contribution is -0.386. The zero-order chi connectivity index (χ0) is 39.4. The van der Waals surface area contributed by atoms with Gasteiger partial charge in [-0.25, -0.2) is 4.79 Å². The molecular formula is C43H34Br2N2O9. The van der Waals surface area contributed by atoms with E-state index in [4.69, 9.17) is 23.7 Å². The van der Waals surface area contributed by atoms with Crippen LogP contribution in [0.2, 0.25) is 0 Å². The molecule has 0 radical (unpaired) electrons. The van der Waals surface area contributed by atoms with E-state index in [-0.39, 0.29) is 24.0 Å². The molecule has 1 heterocycles. The number of hydrogen-bond donors (Lipinski definition) is 1. The van der Waals surface area contributed by atoms with Crippen molar-refractivity contribution in [2.45, 2.75) is 25.4 Å². The molecule has 1 aliphatic rings. The van der Waals surface area contributed by atoms with Gasteiger partial charge in [-0.1, -0.05) is 117 Å². The third-order valence-electron chi connectivity index (χ3n) is 8.33. The fraction of sp³-hybridized carbons (Fsp3) is 0.116. The SMILES string of the molecule is COC(=O)[C@@H](Oc1ccccc1[N+](=O)[O-])c1cc(Br)ccc1OCc1ccccc1.O=C1Nc2ccccc2O[C@H]1c1cc(Br)ccc1OCc1ccccc1. The van der Waals surface area contributed by atoms with Crippen molar-refractivity contribution >= 4 is 55.1 Å². The Balaban J connectivity index is 0.000000191. The molecule has 6 aromatic carbocycles. The van der Waals surface area contributed by atoms with Crippen LogP contribution in [0.1, 0.15) is 34.5 Å². The molecule has 0 unspecified atom stereocenters. The predicted molar refractivity (Wildman–Crippen MR) is 217 cm³/mol. The van der Waals surface area contributed by atoms with Gasteiger partial charge >= 0.3 is 11.7 Å². The lowest BCUT2D eigenvalue weighted by Gasteiger charge is -2.27. The van der Waals surface area contributed by atoms with Crippen LogP contribution in [0.3, 0.4) is 0 Å². The van der Waals surface area contributed by atoms with Crippen LogP contribution in [0.25, 0.3) is 0 Å². The van der Waals surface area contributed by atoms with Gasteiger partial charge in [0.25, 0.3) is 5.91 Å². The Morgan fingerprint density at radius 1 is 0.750 bits per heavy atom. The van der Waals surface area contributed by atoms with Gasteiger partial charge in [-0.2, -0.15) is 0 Å². The van der Waals surface area contributed by atoms with Gasteiger partial charge in [0.15, 0.2) is 5.75 Å². The topological polar surface area (TPSA) is 135 Å². The van der Waals surface area contributed by atoms with Crippen LogP contribution in [0, 0.1) is 10.1 Å². The Kier molecular flexibility index (Phi) is 13.3. The van der Waals surface area contributed by atoms with Gasteiger partial charge in [0.05, 0.1) is 17.7 Å². The highest BCUT2D eigenvalue weighted by molar-refractivity contribution is 9.10. The third-order valence-corrected chi connectivity index (χ3v) is 9.32. The molecule has 6 aromatic rings. The number of fused-ring (bicyclic) bond motifs is 1. The fourth-order valence-electron chi connectivity index (χ4n) is 5.62. The van der Waals surface area contributed by atoms with Crippen molar-refractivity contribution < 1.29 is 38.2 Å². The molecule has 56 heavy (non-hydrogen) atoms. The number of carbonyl (C=O) groups excluding carboxylic acids is 2. The Hall–Kier alpha value is -6.18. The number of esters is 1. The van der Waals surface area contributed by atoms with Gasteiger partial charge < -0.3 is 29.0 Å². The maximum Gasteiger partial charge on any atom is 0.351 e. The van der Waals surface area contributed by atoms with Gasteiger partial charge in [-0.3, -0.25) is 14.9 Å². The number of methoxy groups -OCH3 is 1. The second kappa shape index (κ2) is 18.9. The zero-order valence-corrected chi connectivity index (χ0v) is 33.0. The highest BCUT2D eigenvalue weighted by Gasteiger charge is 2.32. The van der Waals surface area contributed by atoms with Gasteiger partial charge in [-0.05, 0) is 65.7 Å². The highest BCUT2D eigenvalue weighted by Crippen LogP contribution is 2.39. The van der Waals surface area contributed by atoms with Crippen LogP contribution in [-0.4, -0.2) is 23.9 Å². The monoisotopic (exact) mass is 880 g/mol. The van der Waals surface area contributed by atoms with E-state index in [0.717, 1.165) is 15.6 Å². The lowest BCUT2D eigenvalue weighted by Crippen LogP contribution is -2.30. The average molecular weight is 883 g/mol. The number of rotatable bonds is 12. The van der Waals surface area contributed by atoms with Gasteiger partial charge in [0, 0.05) is 26.1 Å². The van der Waals surface area contributed by atoms with Crippen molar-refractivity contribution in [3.8, 4) is 23.0 Å². The van der Waals surface area contributed by atoms with E-state index in [1.54, 1.807) is 24.3 Å².